The van der Waals surface area contributed by atoms with Crippen LogP contribution in [0.3, 0.4) is 0 Å². The molecule has 0 N–H and O–H groups in total. The van der Waals surface area contributed by atoms with Crippen LogP contribution in [0.4, 0.5) is 11.6 Å². The van der Waals surface area contributed by atoms with E-state index in [1.807, 2.05) is 52.0 Å². The van der Waals surface area contributed by atoms with Gasteiger partial charge in [-0.15, -0.1) is 0 Å². The van der Waals surface area contributed by atoms with Gasteiger partial charge in [0.2, 0.25) is 0 Å². The maximum atomic E-state index is 9.52. The van der Waals surface area contributed by atoms with Crippen LogP contribution in [0.1, 0.15) is 47.8 Å². The molecule has 0 bridgehead atoms. The van der Waals surface area contributed by atoms with Gasteiger partial charge in [-0.2, -0.15) is 0 Å². The number of hydrogen-bond acceptors (Lipinski definition) is 6. The van der Waals surface area contributed by atoms with Crippen molar-refractivity contribution in [2.75, 3.05) is 0 Å². The third-order valence-electron chi connectivity index (χ3n) is 5.45. The predicted molar refractivity (Wildman–Crippen MR) is 124 cm³/mol. The summed E-state index contributed by atoms with van der Waals surface area (Å²) in [5, 5.41) is 18.7. The summed E-state index contributed by atoms with van der Waals surface area (Å²) in [7, 11) is 0. The normalized spacial score (nSPS) is 10.4. The Bertz CT molecular complexity index is 1530. The number of pyridine rings is 2. The Kier molecular flexibility index (Phi) is 7.16. The van der Waals surface area contributed by atoms with Crippen LogP contribution < -0.4 is 0 Å². The van der Waals surface area contributed by atoms with Crippen LogP contribution >= 0.6 is 0 Å². The summed E-state index contributed by atoms with van der Waals surface area (Å²) in [5.74, 6) is 0.843. The first kappa shape index (κ1) is 26.0. The van der Waals surface area contributed by atoms with Gasteiger partial charge in [-0.25, -0.2) is 10.5 Å². The van der Waals surface area contributed by atoms with Crippen molar-refractivity contribution in [1.29, 1.82) is 10.5 Å². The van der Waals surface area contributed by atoms with Gasteiger partial charge in [0.25, 0.3) is 12.1 Å². The molecule has 0 atom stereocenters. The molecule has 10 nitrogen and oxygen atoms in total. The molecule has 11 heteroatoms. The first-order chi connectivity index (χ1) is 16.7. The van der Waals surface area contributed by atoms with Crippen molar-refractivity contribution in [2.24, 2.45) is 0 Å². The molecule has 0 spiro atoms. The summed E-state index contributed by atoms with van der Waals surface area (Å²) in [6.45, 7) is 22.4. The second-order valence-corrected chi connectivity index (χ2v) is 8.29. The fourth-order valence-electron chi connectivity index (χ4n) is 3.58. The number of rotatable bonds is 4. The number of imidazole rings is 2. The van der Waals surface area contributed by atoms with Gasteiger partial charge in [-0.3, -0.25) is 14.5 Å². The van der Waals surface area contributed by atoms with E-state index in [1.54, 1.807) is 12.1 Å². The SMILES string of the molecule is [C-]#[N+]c1n[c-]n(-c2cc(C)cc(C(C)(C)c3cc(C)cc(-n4[c-]nc(C#N)c4C#N)n3)n2)c1[N+]#[C-].[Pt+2]. The molecule has 0 aliphatic carbocycles. The third-order valence-corrected chi connectivity index (χ3v) is 5.45. The Labute approximate surface area is 222 Å². The van der Waals surface area contributed by atoms with Gasteiger partial charge in [-0.05, 0) is 45.9 Å². The molecule has 0 amide bonds. The van der Waals surface area contributed by atoms with E-state index >= 15 is 0 Å². The van der Waals surface area contributed by atoms with Crippen LogP contribution in [-0.4, -0.2) is 29.1 Å². The van der Waals surface area contributed by atoms with Gasteiger partial charge in [0.15, 0.2) is 0 Å². The van der Waals surface area contributed by atoms with E-state index in [4.69, 9.17) is 23.1 Å². The molecule has 4 heterocycles. The van der Waals surface area contributed by atoms with Gasteiger partial charge in [0, 0.05) is 28.8 Å². The number of nitrogens with zero attached hydrogens (tertiary/aromatic N) is 10. The van der Waals surface area contributed by atoms with Crippen LogP contribution in [0.15, 0.2) is 24.3 Å². The van der Waals surface area contributed by atoms with Gasteiger partial charge in [0.05, 0.1) is 23.7 Å². The molecule has 0 aliphatic heterocycles. The van der Waals surface area contributed by atoms with Gasteiger partial charge < -0.3 is 19.2 Å². The molecular weight excluding hydrogens is 635 g/mol. The molecule has 0 radical (unpaired) electrons. The van der Waals surface area contributed by atoms with Crippen molar-refractivity contribution in [3.05, 3.63) is 93.7 Å². The van der Waals surface area contributed by atoms with Crippen molar-refractivity contribution < 1.29 is 21.1 Å². The van der Waals surface area contributed by atoms with Crippen LogP contribution in [0, 0.1) is 62.3 Å². The van der Waals surface area contributed by atoms with E-state index in [1.165, 1.54) is 9.13 Å². The molecule has 0 saturated heterocycles. The molecule has 176 valence electrons. The van der Waals surface area contributed by atoms with Crippen molar-refractivity contribution >= 4 is 11.6 Å². The van der Waals surface area contributed by atoms with Crippen LogP contribution in [0.5, 0.6) is 0 Å². The van der Waals surface area contributed by atoms with Gasteiger partial charge in [0.1, 0.15) is 5.82 Å². The van der Waals surface area contributed by atoms with Crippen LogP contribution in [0.2, 0.25) is 0 Å². The number of nitriles is 2. The van der Waals surface area contributed by atoms with Crippen LogP contribution in [-0.2, 0) is 26.5 Å². The fraction of sp³-hybridized carbons (Fsp3) is 0.200. The topological polar surface area (TPSA) is 118 Å². The summed E-state index contributed by atoms with van der Waals surface area (Å²) in [6, 6.07) is 11.3. The fourth-order valence-corrected chi connectivity index (χ4v) is 3.58. The van der Waals surface area contributed by atoms with Crippen molar-refractivity contribution in [3.8, 4) is 23.8 Å². The van der Waals surface area contributed by atoms with Gasteiger partial charge >= 0.3 is 26.9 Å². The number of aryl methyl sites for hydroxylation is 2. The maximum Gasteiger partial charge on any atom is 2.00 e. The van der Waals surface area contributed by atoms with Crippen molar-refractivity contribution in [3.63, 3.8) is 0 Å². The first-order valence-electron chi connectivity index (χ1n) is 10.3. The Morgan fingerprint density at radius 3 is 1.92 bits per heavy atom. The predicted octanol–water partition coefficient (Wildman–Crippen LogP) is 4.23. The summed E-state index contributed by atoms with van der Waals surface area (Å²) in [6.07, 6.45) is 5.36. The molecular formula is C25H16N10Pt. The zero-order chi connectivity index (χ0) is 25.3. The zero-order valence-corrected chi connectivity index (χ0v) is 21.9. The minimum Gasteiger partial charge on any atom is -0.402 e. The second kappa shape index (κ2) is 9.93. The summed E-state index contributed by atoms with van der Waals surface area (Å²) in [4.78, 5) is 24.0. The number of hydrogen-bond donors (Lipinski definition) is 0. The molecule has 4 aromatic rings. The van der Waals surface area contributed by atoms with E-state index in [9.17, 15) is 10.5 Å². The van der Waals surface area contributed by atoms with E-state index in [2.05, 4.69) is 32.3 Å². The maximum absolute atomic E-state index is 9.52. The largest absolute Gasteiger partial charge is 2.00 e. The Morgan fingerprint density at radius 1 is 0.861 bits per heavy atom. The first-order valence-corrected chi connectivity index (χ1v) is 10.3. The Balaban J connectivity index is 0.00000361. The van der Waals surface area contributed by atoms with Crippen LogP contribution in [0.25, 0.3) is 21.3 Å². The Hall–Kier alpha value is -4.63. The molecule has 0 aliphatic rings. The molecule has 0 saturated carbocycles. The monoisotopic (exact) mass is 651 g/mol. The van der Waals surface area contributed by atoms with Gasteiger partial charge in [-0.1, -0.05) is 35.3 Å². The average molecular weight is 652 g/mol. The van der Waals surface area contributed by atoms with E-state index in [-0.39, 0.29) is 44.1 Å². The quantitative estimate of drug-likeness (QED) is 0.305. The van der Waals surface area contributed by atoms with Crippen molar-refractivity contribution in [1.82, 2.24) is 29.1 Å². The summed E-state index contributed by atoms with van der Waals surface area (Å²) in [5.41, 5.74) is 2.46. The summed E-state index contributed by atoms with van der Waals surface area (Å²) < 4.78 is 2.75. The minimum absolute atomic E-state index is 0. The van der Waals surface area contributed by atoms with Crippen molar-refractivity contribution in [2.45, 2.75) is 33.1 Å². The average Bonchev–Trinajstić information content (AvgIpc) is 3.46. The van der Waals surface area contributed by atoms with E-state index < -0.39 is 5.41 Å². The molecule has 0 unspecified atom stereocenters. The molecule has 4 aromatic heterocycles. The summed E-state index contributed by atoms with van der Waals surface area (Å²) >= 11 is 0. The van der Waals surface area contributed by atoms with E-state index in [0.29, 0.717) is 23.0 Å². The zero-order valence-electron chi connectivity index (χ0n) is 19.6. The van der Waals surface area contributed by atoms with E-state index in [0.717, 1.165) is 11.1 Å². The third kappa shape index (κ3) is 4.39. The minimum atomic E-state index is -0.700. The smallest absolute Gasteiger partial charge is 0.402 e. The second-order valence-electron chi connectivity index (χ2n) is 8.29. The Morgan fingerprint density at radius 2 is 1.42 bits per heavy atom. The molecule has 0 fully saturated rings. The molecule has 36 heavy (non-hydrogen) atoms. The standard InChI is InChI=1S/C25H16N10.Pt/c1-15-7-19(32-21(9-15)34-13-30-17(11-26)18(34)12-27)25(3,4)20-8-16(2)10-22(33-20)35-14-31-23(28-5)24(35)29-6;/h7-10H,1-4H3;/q-2;+2. The molecule has 4 rings (SSSR count). The molecule has 0 aromatic carbocycles. The number of aromatic nitrogens is 6.